The first kappa shape index (κ1) is 26.7. The van der Waals surface area contributed by atoms with Gasteiger partial charge in [-0.3, -0.25) is 4.79 Å². The molecule has 2 aliphatic rings. The van der Waals surface area contributed by atoms with Gasteiger partial charge in [-0.05, 0) is 50.8 Å². The molecule has 11 heteroatoms. The van der Waals surface area contributed by atoms with Gasteiger partial charge in [0.1, 0.15) is 16.9 Å². The lowest BCUT2D eigenvalue weighted by molar-refractivity contribution is -0.126. The van der Waals surface area contributed by atoms with E-state index < -0.39 is 40.3 Å². The van der Waals surface area contributed by atoms with Gasteiger partial charge in [-0.2, -0.15) is 0 Å². The van der Waals surface area contributed by atoms with Crippen LogP contribution in [0.1, 0.15) is 44.7 Å². The molecule has 1 aromatic carbocycles. The third-order valence-corrected chi connectivity index (χ3v) is 7.52. The normalized spacial score (nSPS) is 17.0. The molecule has 0 radical (unpaired) electrons. The Kier molecular flexibility index (Phi) is 6.43. The molecule has 208 valence electrons. The van der Waals surface area contributed by atoms with Crippen molar-refractivity contribution in [2.24, 2.45) is 7.05 Å². The fourth-order valence-electron chi connectivity index (χ4n) is 5.70. The molecule has 0 saturated carbocycles. The zero-order chi connectivity index (χ0) is 28.3. The van der Waals surface area contributed by atoms with E-state index in [1.54, 1.807) is 31.9 Å². The van der Waals surface area contributed by atoms with Crippen LogP contribution in [-0.2, 0) is 28.5 Å². The van der Waals surface area contributed by atoms with E-state index in [1.165, 1.54) is 14.2 Å². The van der Waals surface area contributed by atoms with Crippen LogP contribution in [0.4, 0.5) is 19.3 Å². The predicted molar refractivity (Wildman–Crippen MR) is 140 cm³/mol. The Hall–Kier alpha value is -3.89. The highest BCUT2D eigenvalue weighted by atomic mass is 19.1. The van der Waals surface area contributed by atoms with Gasteiger partial charge in [0.15, 0.2) is 23.1 Å². The van der Waals surface area contributed by atoms with Crippen molar-refractivity contribution in [2.75, 3.05) is 32.2 Å². The minimum absolute atomic E-state index is 0.0896. The molecule has 0 aliphatic carbocycles. The number of anilines is 1. The number of halogens is 2. The second kappa shape index (κ2) is 9.39. The van der Waals surface area contributed by atoms with Crippen LogP contribution in [0.15, 0.2) is 24.5 Å². The summed E-state index contributed by atoms with van der Waals surface area (Å²) in [6.45, 7) is 5.75. The molecule has 9 nitrogen and oxygen atoms in total. The number of methoxy groups -OCH3 is 2. The maximum Gasteiger partial charge on any atom is 0.410 e. The number of carbonyl (C=O) groups is 2. The maximum absolute atomic E-state index is 15.6. The molecule has 1 fully saturated rings. The quantitative estimate of drug-likeness (QED) is 0.478. The van der Waals surface area contributed by atoms with Gasteiger partial charge in [-0.1, -0.05) is 0 Å². The monoisotopic (exact) mass is 542 g/mol. The minimum Gasteiger partial charge on any atom is -0.493 e. The first-order valence-electron chi connectivity index (χ1n) is 12.7. The van der Waals surface area contributed by atoms with Gasteiger partial charge in [-0.25, -0.2) is 18.6 Å². The van der Waals surface area contributed by atoms with Crippen molar-refractivity contribution in [3.63, 3.8) is 0 Å². The van der Waals surface area contributed by atoms with Crippen molar-refractivity contribution >= 4 is 28.7 Å². The Labute approximate surface area is 225 Å². The molecule has 0 bridgehead atoms. The van der Waals surface area contributed by atoms with E-state index in [0.717, 1.165) is 21.9 Å². The van der Waals surface area contributed by atoms with Gasteiger partial charge in [0, 0.05) is 44.0 Å². The summed E-state index contributed by atoms with van der Waals surface area (Å²) in [5.74, 6) is -2.94. The summed E-state index contributed by atoms with van der Waals surface area (Å²) in [7, 11) is 4.39. The number of hydrogen-bond acceptors (Lipinski definition) is 6. The molecular weight excluding hydrogens is 510 g/mol. The number of aryl methyl sites for hydroxylation is 1. The average Bonchev–Trinajstić information content (AvgIpc) is 3.26. The number of carbonyl (C=O) groups excluding carboxylic acids is 2. The maximum atomic E-state index is 15.6. The SMILES string of the molecule is COc1cc(OC)c(F)c(N2Cc3cnc4c(ccn4C)c3C3(CCN(C(=O)OC(C)(C)C)CC3)C2=O)c1F. The number of ether oxygens (including phenoxy) is 3. The molecule has 2 aromatic heterocycles. The third kappa shape index (κ3) is 4.24. The number of amides is 2. The smallest absolute Gasteiger partial charge is 0.410 e. The molecule has 39 heavy (non-hydrogen) atoms. The van der Waals surface area contributed by atoms with Crippen LogP contribution >= 0.6 is 0 Å². The number of piperidine rings is 1. The van der Waals surface area contributed by atoms with Crippen molar-refractivity contribution < 1.29 is 32.6 Å². The zero-order valence-electron chi connectivity index (χ0n) is 22.9. The topological polar surface area (TPSA) is 86.1 Å². The molecule has 0 N–H and O–H groups in total. The number of rotatable bonds is 3. The minimum atomic E-state index is -1.15. The molecule has 2 amide bonds. The molecule has 0 unspecified atom stereocenters. The van der Waals surface area contributed by atoms with E-state index in [1.807, 2.05) is 23.9 Å². The molecule has 5 rings (SSSR count). The first-order valence-corrected chi connectivity index (χ1v) is 12.7. The van der Waals surface area contributed by atoms with Crippen molar-refractivity contribution in [1.82, 2.24) is 14.5 Å². The van der Waals surface area contributed by atoms with Crippen LogP contribution in [0.25, 0.3) is 11.0 Å². The molecular formula is C28H32F2N4O5. The fraction of sp³-hybridized carbons (Fsp3) is 0.464. The molecule has 2 aliphatic heterocycles. The van der Waals surface area contributed by atoms with Crippen LogP contribution in [0.5, 0.6) is 11.5 Å². The Morgan fingerprint density at radius 2 is 1.69 bits per heavy atom. The first-order chi connectivity index (χ1) is 18.4. The Morgan fingerprint density at radius 1 is 1.08 bits per heavy atom. The summed E-state index contributed by atoms with van der Waals surface area (Å²) in [6.07, 6.45) is 3.54. The zero-order valence-corrected chi connectivity index (χ0v) is 22.9. The number of hydrogen-bond donors (Lipinski definition) is 0. The lowest BCUT2D eigenvalue weighted by Crippen LogP contribution is -2.57. The van der Waals surface area contributed by atoms with Gasteiger partial charge in [0.2, 0.25) is 5.91 Å². The number of aromatic nitrogens is 2. The summed E-state index contributed by atoms with van der Waals surface area (Å²) in [5, 5.41) is 0.804. The number of nitrogens with zero attached hydrogens (tertiary/aromatic N) is 4. The summed E-state index contributed by atoms with van der Waals surface area (Å²) in [5.41, 5.74) is -0.190. The van der Waals surface area contributed by atoms with Crippen LogP contribution < -0.4 is 14.4 Å². The second-order valence-electron chi connectivity index (χ2n) is 11.0. The summed E-state index contributed by atoms with van der Waals surface area (Å²) in [6, 6.07) is 3.02. The summed E-state index contributed by atoms with van der Waals surface area (Å²) < 4.78 is 48.9. The Balaban J connectivity index is 1.65. The third-order valence-electron chi connectivity index (χ3n) is 7.52. The summed E-state index contributed by atoms with van der Waals surface area (Å²) >= 11 is 0. The van der Waals surface area contributed by atoms with Crippen LogP contribution in [-0.4, -0.2) is 59.4 Å². The molecule has 1 saturated heterocycles. The lowest BCUT2D eigenvalue weighted by atomic mass is 9.67. The van der Waals surface area contributed by atoms with E-state index in [2.05, 4.69) is 4.98 Å². The predicted octanol–water partition coefficient (Wildman–Crippen LogP) is 4.68. The van der Waals surface area contributed by atoms with E-state index >= 15 is 8.78 Å². The van der Waals surface area contributed by atoms with Crippen molar-refractivity contribution in [3.05, 3.63) is 47.3 Å². The van der Waals surface area contributed by atoms with Crippen molar-refractivity contribution in [2.45, 2.75) is 51.2 Å². The molecule has 3 aromatic rings. The van der Waals surface area contributed by atoms with Gasteiger partial charge in [-0.15, -0.1) is 0 Å². The summed E-state index contributed by atoms with van der Waals surface area (Å²) in [4.78, 5) is 34.6. The van der Waals surface area contributed by atoms with Crippen molar-refractivity contribution in [3.8, 4) is 11.5 Å². The standard InChI is InChI=1S/C28H32F2N4O5/c1-27(2,3)39-26(36)33-11-8-28(9-12-33)20-16(14-31-24-17(20)7-10-32(24)4)15-34(25(28)35)23-21(29)18(37-5)13-19(38-6)22(23)30/h7,10,13-14H,8-9,11-12,15H2,1-6H3. The highest BCUT2D eigenvalue weighted by Crippen LogP contribution is 2.49. The van der Waals surface area contributed by atoms with E-state index in [9.17, 15) is 9.59 Å². The van der Waals surface area contributed by atoms with Crippen LogP contribution in [0.3, 0.4) is 0 Å². The van der Waals surface area contributed by atoms with Gasteiger partial charge < -0.3 is 28.6 Å². The molecule has 0 atom stereocenters. The van der Waals surface area contributed by atoms with Gasteiger partial charge in [0.05, 0.1) is 26.2 Å². The second-order valence-corrected chi connectivity index (χ2v) is 11.0. The molecule has 4 heterocycles. The van der Waals surface area contributed by atoms with Gasteiger partial charge in [0.25, 0.3) is 0 Å². The number of fused-ring (bicyclic) bond motifs is 4. The van der Waals surface area contributed by atoms with E-state index in [-0.39, 0.29) is 44.0 Å². The Morgan fingerprint density at radius 3 is 2.26 bits per heavy atom. The fourth-order valence-corrected chi connectivity index (χ4v) is 5.70. The highest BCUT2D eigenvalue weighted by Gasteiger charge is 2.52. The average molecular weight is 543 g/mol. The largest absolute Gasteiger partial charge is 0.493 e. The van der Waals surface area contributed by atoms with Crippen molar-refractivity contribution in [1.29, 1.82) is 0 Å². The molecule has 1 spiro atoms. The lowest BCUT2D eigenvalue weighted by Gasteiger charge is -2.47. The van der Waals surface area contributed by atoms with Gasteiger partial charge >= 0.3 is 6.09 Å². The number of benzene rings is 1. The Bertz CT molecular complexity index is 1440. The number of pyridine rings is 1. The number of likely N-dealkylation sites (tertiary alicyclic amines) is 1. The van der Waals surface area contributed by atoms with E-state index in [4.69, 9.17) is 14.2 Å². The van der Waals surface area contributed by atoms with Crippen LogP contribution in [0, 0.1) is 11.6 Å². The van der Waals surface area contributed by atoms with Crippen LogP contribution in [0.2, 0.25) is 0 Å². The highest BCUT2D eigenvalue weighted by molar-refractivity contribution is 6.06. The van der Waals surface area contributed by atoms with E-state index in [0.29, 0.717) is 11.2 Å².